The van der Waals surface area contributed by atoms with Gasteiger partial charge in [0.1, 0.15) is 0 Å². The molecule has 0 aromatic carbocycles. The molecule has 2 rings (SSSR count). The summed E-state index contributed by atoms with van der Waals surface area (Å²) in [6.07, 6.45) is 4.28. The topological polar surface area (TPSA) is 41.1 Å². The van der Waals surface area contributed by atoms with Crippen molar-refractivity contribution in [2.45, 2.75) is 38.6 Å². The molecule has 0 aliphatic carbocycles. The van der Waals surface area contributed by atoms with Gasteiger partial charge in [-0.05, 0) is 50.9 Å². The summed E-state index contributed by atoms with van der Waals surface area (Å²) in [5.41, 5.74) is 0. The summed E-state index contributed by atoms with van der Waals surface area (Å²) in [4.78, 5) is 14.2. The minimum Gasteiger partial charge on any atom is -0.349 e. The van der Waals surface area contributed by atoms with Gasteiger partial charge < -0.3 is 10.6 Å². The zero-order valence-corrected chi connectivity index (χ0v) is 11.1. The lowest BCUT2D eigenvalue weighted by Crippen LogP contribution is -2.34. The van der Waals surface area contributed by atoms with E-state index in [1.165, 1.54) is 4.88 Å². The van der Waals surface area contributed by atoms with E-state index in [2.05, 4.69) is 17.6 Å². The van der Waals surface area contributed by atoms with Crippen LogP contribution in [0.3, 0.4) is 0 Å². The Morgan fingerprint density at radius 1 is 1.47 bits per heavy atom. The average Bonchev–Trinajstić information content (AvgIpc) is 2.68. The van der Waals surface area contributed by atoms with E-state index in [-0.39, 0.29) is 5.91 Å². The molecule has 1 unspecified atom stereocenters. The van der Waals surface area contributed by atoms with E-state index >= 15 is 0 Å². The maximum Gasteiger partial charge on any atom is 0.261 e. The van der Waals surface area contributed by atoms with Crippen LogP contribution in [0.25, 0.3) is 0 Å². The molecular weight excluding hydrogens is 232 g/mol. The molecule has 4 heteroatoms. The van der Waals surface area contributed by atoms with Gasteiger partial charge in [0.15, 0.2) is 0 Å². The second-order valence-electron chi connectivity index (χ2n) is 4.47. The van der Waals surface area contributed by atoms with E-state index in [1.807, 2.05) is 12.1 Å². The summed E-state index contributed by atoms with van der Waals surface area (Å²) in [5.74, 6) is 0.0987. The zero-order chi connectivity index (χ0) is 12.1. The molecule has 0 radical (unpaired) electrons. The summed E-state index contributed by atoms with van der Waals surface area (Å²) in [7, 11) is 0. The molecular formula is C13H20N2OS. The quantitative estimate of drug-likeness (QED) is 0.865. The Morgan fingerprint density at radius 3 is 3.12 bits per heavy atom. The smallest absolute Gasteiger partial charge is 0.261 e. The van der Waals surface area contributed by atoms with Crippen LogP contribution in [0.4, 0.5) is 0 Å². The molecule has 94 valence electrons. The molecule has 2 N–H and O–H groups in total. The lowest BCUT2D eigenvalue weighted by Gasteiger charge is -2.14. The Balaban J connectivity index is 1.91. The van der Waals surface area contributed by atoms with Crippen LogP contribution in [0.15, 0.2) is 12.1 Å². The molecule has 1 aliphatic heterocycles. The van der Waals surface area contributed by atoms with Crippen LogP contribution in [0.1, 0.15) is 40.7 Å². The molecule has 1 saturated heterocycles. The number of rotatable bonds is 3. The van der Waals surface area contributed by atoms with Gasteiger partial charge in [-0.15, -0.1) is 11.3 Å². The highest BCUT2D eigenvalue weighted by Gasteiger charge is 2.16. The molecule has 1 fully saturated rings. The van der Waals surface area contributed by atoms with Gasteiger partial charge in [-0.25, -0.2) is 0 Å². The monoisotopic (exact) mass is 252 g/mol. The molecule has 1 amide bonds. The van der Waals surface area contributed by atoms with Crippen LogP contribution >= 0.6 is 11.3 Å². The number of carbonyl (C=O) groups excluding carboxylic acids is 1. The van der Waals surface area contributed by atoms with Crippen molar-refractivity contribution < 1.29 is 4.79 Å². The molecule has 0 spiro atoms. The first-order chi connectivity index (χ1) is 8.29. The maximum atomic E-state index is 12.0. The molecule has 0 bridgehead atoms. The van der Waals surface area contributed by atoms with Crippen molar-refractivity contribution in [1.82, 2.24) is 10.6 Å². The van der Waals surface area contributed by atoms with Crippen molar-refractivity contribution in [1.29, 1.82) is 0 Å². The van der Waals surface area contributed by atoms with Crippen LogP contribution in [0.2, 0.25) is 0 Å². The fourth-order valence-electron chi connectivity index (χ4n) is 2.11. The molecule has 1 atom stereocenters. The number of hydrogen-bond acceptors (Lipinski definition) is 3. The Labute approximate surface area is 107 Å². The van der Waals surface area contributed by atoms with Crippen LogP contribution in [-0.2, 0) is 6.42 Å². The second kappa shape index (κ2) is 6.17. The van der Waals surface area contributed by atoms with E-state index in [0.29, 0.717) is 6.04 Å². The van der Waals surface area contributed by atoms with Crippen LogP contribution in [0, 0.1) is 0 Å². The van der Waals surface area contributed by atoms with Gasteiger partial charge in [-0.2, -0.15) is 0 Å². The maximum absolute atomic E-state index is 12.0. The Bertz CT molecular complexity index is 367. The van der Waals surface area contributed by atoms with Crippen LogP contribution < -0.4 is 10.6 Å². The minimum absolute atomic E-state index is 0.0987. The van der Waals surface area contributed by atoms with E-state index in [4.69, 9.17) is 0 Å². The third-order valence-electron chi connectivity index (χ3n) is 3.14. The molecule has 17 heavy (non-hydrogen) atoms. The molecule has 3 nitrogen and oxygen atoms in total. The van der Waals surface area contributed by atoms with Gasteiger partial charge in [-0.1, -0.05) is 6.92 Å². The molecule has 1 aromatic heterocycles. The number of nitrogens with one attached hydrogen (secondary N) is 2. The summed E-state index contributed by atoms with van der Waals surface area (Å²) < 4.78 is 0. The fourth-order valence-corrected chi connectivity index (χ4v) is 2.96. The standard InChI is InChI=1S/C13H20N2OS/c1-2-11-5-6-12(17-11)13(16)15-10-4-3-8-14-9-7-10/h5-6,10,14H,2-4,7-9H2,1H3,(H,15,16). The van der Waals surface area contributed by atoms with E-state index in [9.17, 15) is 4.79 Å². The second-order valence-corrected chi connectivity index (χ2v) is 5.64. The van der Waals surface area contributed by atoms with E-state index < -0.39 is 0 Å². The van der Waals surface area contributed by atoms with Crippen LogP contribution in [-0.4, -0.2) is 25.0 Å². The van der Waals surface area contributed by atoms with Gasteiger partial charge in [-0.3, -0.25) is 4.79 Å². The Hall–Kier alpha value is -0.870. The van der Waals surface area contributed by atoms with Crippen LogP contribution in [0.5, 0.6) is 0 Å². The van der Waals surface area contributed by atoms with Gasteiger partial charge in [0, 0.05) is 10.9 Å². The SMILES string of the molecule is CCc1ccc(C(=O)NC2CCCNCC2)s1. The highest BCUT2D eigenvalue weighted by atomic mass is 32.1. The summed E-state index contributed by atoms with van der Waals surface area (Å²) in [5, 5.41) is 6.50. The number of aryl methyl sites for hydroxylation is 1. The van der Waals surface area contributed by atoms with Crippen molar-refractivity contribution in [2.24, 2.45) is 0 Å². The van der Waals surface area contributed by atoms with Crippen molar-refractivity contribution in [3.63, 3.8) is 0 Å². The third kappa shape index (κ3) is 3.54. The first-order valence-electron chi connectivity index (χ1n) is 6.40. The molecule has 1 aromatic rings. The van der Waals surface area contributed by atoms with Crippen molar-refractivity contribution in [3.8, 4) is 0 Å². The van der Waals surface area contributed by atoms with Crippen molar-refractivity contribution in [3.05, 3.63) is 21.9 Å². The number of amides is 1. The summed E-state index contributed by atoms with van der Waals surface area (Å²) in [6.45, 7) is 4.20. The number of hydrogen-bond donors (Lipinski definition) is 2. The van der Waals surface area contributed by atoms with Gasteiger partial charge in [0.25, 0.3) is 5.91 Å². The zero-order valence-electron chi connectivity index (χ0n) is 10.3. The van der Waals surface area contributed by atoms with E-state index in [0.717, 1.165) is 43.6 Å². The Kier molecular flexibility index (Phi) is 4.57. The summed E-state index contributed by atoms with van der Waals surface area (Å²) in [6, 6.07) is 4.33. The van der Waals surface area contributed by atoms with Gasteiger partial charge in [0.2, 0.25) is 0 Å². The minimum atomic E-state index is 0.0987. The van der Waals surface area contributed by atoms with Gasteiger partial charge in [0.05, 0.1) is 4.88 Å². The first kappa shape index (κ1) is 12.6. The fraction of sp³-hybridized carbons (Fsp3) is 0.615. The molecule has 0 saturated carbocycles. The first-order valence-corrected chi connectivity index (χ1v) is 7.21. The van der Waals surface area contributed by atoms with Crippen molar-refractivity contribution >= 4 is 17.2 Å². The lowest BCUT2D eigenvalue weighted by molar-refractivity contribution is 0.0938. The lowest BCUT2D eigenvalue weighted by atomic mass is 10.1. The largest absolute Gasteiger partial charge is 0.349 e. The average molecular weight is 252 g/mol. The molecule has 1 aliphatic rings. The third-order valence-corrected chi connectivity index (χ3v) is 4.37. The predicted molar refractivity (Wildman–Crippen MR) is 71.7 cm³/mol. The molecule has 2 heterocycles. The Morgan fingerprint density at radius 2 is 2.35 bits per heavy atom. The summed E-state index contributed by atoms with van der Waals surface area (Å²) >= 11 is 1.61. The predicted octanol–water partition coefficient (Wildman–Crippen LogP) is 2.18. The highest BCUT2D eigenvalue weighted by Crippen LogP contribution is 2.17. The number of thiophene rings is 1. The van der Waals surface area contributed by atoms with Gasteiger partial charge >= 0.3 is 0 Å². The number of carbonyl (C=O) groups is 1. The highest BCUT2D eigenvalue weighted by molar-refractivity contribution is 7.14. The van der Waals surface area contributed by atoms with Crippen molar-refractivity contribution in [2.75, 3.05) is 13.1 Å². The van der Waals surface area contributed by atoms with E-state index in [1.54, 1.807) is 11.3 Å². The normalized spacial score (nSPS) is 20.9.